The quantitative estimate of drug-likeness (QED) is 0.332. The van der Waals surface area contributed by atoms with Gasteiger partial charge in [0.05, 0.1) is 23.0 Å². The molecule has 1 amide bonds. The molecule has 0 radical (unpaired) electrons. The molecule has 0 saturated heterocycles. The van der Waals surface area contributed by atoms with Gasteiger partial charge in [0.25, 0.3) is 5.91 Å². The van der Waals surface area contributed by atoms with Crippen molar-refractivity contribution in [2.45, 2.75) is 25.8 Å². The number of hydrogen-bond acceptors (Lipinski definition) is 5. The summed E-state index contributed by atoms with van der Waals surface area (Å²) in [6.07, 6.45) is -7.33. The zero-order valence-electron chi connectivity index (χ0n) is 18.9. The molecule has 0 spiro atoms. The second-order valence-corrected chi connectivity index (χ2v) is 7.78. The summed E-state index contributed by atoms with van der Waals surface area (Å²) < 4.78 is 94.9. The Labute approximate surface area is 204 Å². The van der Waals surface area contributed by atoms with E-state index in [9.17, 15) is 35.5 Å². The number of imidazole rings is 1. The van der Waals surface area contributed by atoms with E-state index in [-0.39, 0.29) is 11.3 Å². The lowest BCUT2D eigenvalue weighted by atomic mass is 10.1. The van der Waals surface area contributed by atoms with Crippen molar-refractivity contribution in [2.24, 2.45) is 0 Å². The topological polar surface area (TPSA) is 84.2 Å². The molecule has 0 unspecified atom stereocenters. The van der Waals surface area contributed by atoms with Crippen LogP contribution in [0.2, 0.25) is 0 Å². The average molecular weight is 526 g/mol. The Balaban J connectivity index is 1.66. The highest BCUT2D eigenvalue weighted by atomic mass is 19.4. The average Bonchev–Trinajstić information content (AvgIpc) is 3.23. The highest BCUT2D eigenvalue weighted by Crippen LogP contribution is 2.33. The monoisotopic (exact) mass is 526 g/mol. The number of benzene rings is 1. The van der Waals surface area contributed by atoms with Crippen LogP contribution < -0.4 is 10.6 Å². The van der Waals surface area contributed by atoms with Crippen LogP contribution >= 0.6 is 0 Å². The van der Waals surface area contributed by atoms with Gasteiger partial charge in [-0.2, -0.15) is 31.4 Å². The smallest absolute Gasteiger partial charge is 0.369 e. The van der Waals surface area contributed by atoms with E-state index < -0.39 is 53.0 Å². The van der Waals surface area contributed by atoms with Gasteiger partial charge in [-0.15, -0.1) is 0 Å². The maximum absolute atomic E-state index is 14.0. The van der Waals surface area contributed by atoms with E-state index in [1.165, 1.54) is 10.6 Å². The van der Waals surface area contributed by atoms with E-state index in [0.29, 0.717) is 36.2 Å². The minimum atomic E-state index is -5.02. The lowest BCUT2D eigenvalue weighted by Crippen LogP contribution is -2.27. The molecule has 3 aromatic heterocycles. The van der Waals surface area contributed by atoms with Gasteiger partial charge in [-0.05, 0) is 43.3 Å². The number of fused-ring (bicyclic) bond motifs is 1. The molecule has 0 fully saturated rings. The van der Waals surface area contributed by atoms with E-state index in [1.54, 1.807) is 12.3 Å². The lowest BCUT2D eigenvalue weighted by Gasteiger charge is -2.14. The molecule has 0 aliphatic heterocycles. The van der Waals surface area contributed by atoms with Crippen LogP contribution in [0.25, 0.3) is 16.9 Å². The van der Waals surface area contributed by atoms with E-state index in [4.69, 9.17) is 0 Å². The van der Waals surface area contributed by atoms with Crippen LogP contribution in [0, 0.1) is 5.82 Å². The van der Waals surface area contributed by atoms with Gasteiger partial charge >= 0.3 is 12.4 Å². The summed E-state index contributed by atoms with van der Waals surface area (Å²) in [6.45, 7) is 1.68. The number of halogens is 7. The number of pyridine rings is 1. The summed E-state index contributed by atoms with van der Waals surface area (Å²) in [6, 6.07) is 5.50. The summed E-state index contributed by atoms with van der Waals surface area (Å²) in [5.74, 6) is -1.85. The summed E-state index contributed by atoms with van der Waals surface area (Å²) in [4.78, 5) is 20.4. The normalized spacial score (nSPS) is 12.1. The SMILES string of the molecule is CCNc1cn2nc(-c3cnc(C(F)(F)F)c(C(=O)NCc4cc(C(F)(F)F)ccc4F)c3)ccc2n1. The van der Waals surface area contributed by atoms with Gasteiger partial charge in [0, 0.05) is 30.4 Å². The second-order valence-electron chi connectivity index (χ2n) is 7.78. The molecule has 3 heterocycles. The predicted octanol–water partition coefficient (Wildman–Crippen LogP) is 5.33. The summed E-state index contributed by atoms with van der Waals surface area (Å²) in [5.41, 5.74) is -3.45. The zero-order valence-corrected chi connectivity index (χ0v) is 18.9. The summed E-state index contributed by atoms with van der Waals surface area (Å²) in [5, 5.41) is 9.32. The van der Waals surface area contributed by atoms with Crippen LogP contribution in [0.15, 0.2) is 48.8 Å². The number of alkyl halides is 6. The number of nitrogens with zero attached hydrogens (tertiary/aromatic N) is 4. The van der Waals surface area contributed by atoms with Gasteiger partial charge in [0.2, 0.25) is 0 Å². The third kappa shape index (κ3) is 5.62. The van der Waals surface area contributed by atoms with Gasteiger partial charge < -0.3 is 10.6 Å². The van der Waals surface area contributed by atoms with Crippen LogP contribution in [0.5, 0.6) is 0 Å². The molecule has 2 N–H and O–H groups in total. The third-order valence-electron chi connectivity index (χ3n) is 5.19. The molecule has 4 rings (SSSR count). The highest BCUT2D eigenvalue weighted by molar-refractivity contribution is 5.96. The zero-order chi connectivity index (χ0) is 27.0. The van der Waals surface area contributed by atoms with Crippen molar-refractivity contribution in [3.63, 3.8) is 0 Å². The minimum Gasteiger partial charge on any atom is -0.369 e. The Morgan fingerprint density at radius 3 is 2.46 bits per heavy atom. The first-order chi connectivity index (χ1) is 17.4. The van der Waals surface area contributed by atoms with Crippen molar-refractivity contribution in [3.8, 4) is 11.3 Å². The molecule has 0 saturated carbocycles. The van der Waals surface area contributed by atoms with E-state index >= 15 is 0 Å². The Hall–Kier alpha value is -4.23. The fourth-order valence-electron chi connectivity index (χ4n) is 3.46. The molecular formula is C23H17F7N6O. The van der Waals surface area contributed by atoms with Crippen molar-refractivity contribution >= 4 is 17.4 Å². The first-order valence-electron chi connectivity index (χ1n) is 10.7. The van der Waals surface area contributed by atoms with Crippen LogP contribution in [-0.2, 0) is 18.9 Å². The molecular weight excluding hydrogens is 509 g/mol. The minimum absolute atomic E-state index is 0.0593. The standard InChI is InChI=1S/C23H17F7N6O/c1-2-31-18-11-36-19(34-18)6-5-17(35-36)13-8-15(20(32-10-13)23(28,29)30)21(37)33-9-12-7-14(22(25,26)27)3-4-16(12)24/h3-8,10-11,31H,2,9H2,1H3,(H,33,37). The van der Waals surface area contributed by atoms with Gasteiger partial charge in [-0.3, -0.25) is 9.78 Å². The molecule has 0 bridgehead atoms. The van der Waals surface area contributed by atoms with Crippen molar-refractivity contribution in [3.05, 3.63) is 77.0 Å². The summed E-state index contributed by atoms with van der Waals surface area (Å²) in [7, 11) is 0. The molecule has 194 valence electrons. The van der Waals surface area contributed by atoms with E-state index in [2.05, 4.69) is 20.4 Å². The molecule has 4 aromatic rings. The number of carbonyl (C=O) groups excluding carboxylic acids is 1. The Morgan fingerprint density at radius 1 is 1.03 bits per heavy atom. The number of amides is 1. The van der Waals surface area contributed by atoms with E-state index in [0.717, 1.165) is 12.3 Å². The number of nitrogens with one attached hydrogen (secondary N) is 2. The predicted molar refractivity (Wildman–Crippen MR) is 118 cm³/mol. The van der Waals surface area contributed by atoms with Gasteiger partial charge in [-0.25, -0.2) is 13.9 Å². The molecule has 37 heavy (non-hydrogen) atoms. The lowest BCUT2D eigenvalue weighted by molar-refractivity contribution is -0.141. The highest BCUT2D eigenvalue weighted by Gasteiger charge is 2.37. The first-order valence-corrected chi connectivity index (χ1v) is 10.7. The largest absolute Gasteiger partial charge is 0.434 e. The maximum Gasteiger partial charge on any atom is 0.434 e. The third-order valence-corrected chi connectivity index (χ3v) is 5.19. The molecule has 0 aliphatic carbocycles. The molecule has 0 atom stereocenters. The van der Waals surface area contributed by atoms with Crippen molar-refractivity contribution < 1.29 is 35.5 Å². The van der Waals surface area contributed by atoms with Crippen LogP contribution in [0.4, 0.5) is 36.6 Å². The molecule has 7 nitrogen and oxygen atoms in total. The van der Waals surface area contributed by atoms with Crippen molar-refractivity contribution in [2.75, 3.05) is 11.9 Å². The molecule has 1 aromatic carbocycles. The fourth-order valence-corrected chi connectivity index (χ4v) is 3.46. The second kappa shape index (κ2) is 9.67. The van der Waals surface area contributed by atoms with Crippen LogP contribution in [-0.4, -0.2) is 32.0 Å². The van der Waals surface area contributed by atoms with Crippen molar-refractivity contribution in [1.82, 2.24) is 24.9 Å². The van der Waals surface area contributed by atoms with Crippen LogP contribution in [0.1, 0.15) is 34.1 Å². The van der Waals surface area contributed by atoms with E-state index in [1.807, 2.05) is 12.2 Å². The van der Waals surface area contributed by atoms with Gasteiger partial charge in [0.15, 0.2) is 11.3 Å². The molecule has 14 heteroatoms. The van der Waals surface area contributed by atoms with Gasteiger partial charge in [0.1, 0.15) is 11.6 Å². The summed E-state index contributed by atoms with van der Waals surface area (Å²) >= 11 is 0. The maximum atomic E-state index is 14.0. The first kappa shape index (κ1) is 25.9. The Kier molecular flexibility index (Phi) is 6.76. The Morgan fingerprint density at radius 2 is 1.78 bits per heavy atom. The van der Waals surface area contributed by atoms with Crippen molar-refractivity contribution in [1.29, 1.82) is 0 Å². The number of aromatic nitrogens is 4. The fraction of sp³-hybridized carbons (Fsp3) is 0.217. The number of anilines is 1. The number of hydrogen-bond donors (Lipinski definition) is 2. The Bertz CT molecular complexity index is 1460. The number of rotatable bonds is 6. The number of carbonyl (C=O) groups is 1. The van der Waals surface area contributed by atoms with Gasteiger partial charge in [-0.1, -0.05) is 0 Å². The van der Waals surface area contributed by atoms with Crippen LogP contribution in [0.3, 0.4) is 0 Å². The molecule has 0 aliphatic rings.